The van der Waals surface area contributed by atoms with Crippen molar-refractivity contribution >= 4 is 47.7 Å². The highest BCUT2D eigenvalue weighted by Gasteiger charge is 2.46. The van der Waals surface area contributed by atoms with Gasteiger partial charge in [0.15, 0.2) is 17.3 Å². The molecule has 68 heavy (non-hydrogen) atoms. The molecule has 11 rings (SSSR count). The summed E-state index contributed by atoms with van der Waals surface area (Å²) in [6.45, 7) is 7.77. The number of ketones is 1. The second-order valence-electron chi connectivity index (χ2n) is 17.6. The third-order valence-electron chi connectivity index (χ3n) is 13.0. The molecule has 3 unspecified atom stereocenters. The Hall–Kier alpha value is -6.43. The molecule has 0 fully saturated rings. The van der Waals surface area contributed by atoms with E-state index in [1.165, 1.54) is 52.0 Å². The van der Waals surface area contributed by atoms with E-state index in [1.54, 1.807) is 20.3 Å². The van der Waals surface area contributed by atoms with Crippen LogP contribution in [0.25, 0.3) is 21.7 Å². The molecule has 16 heteroatoms. The summed E-state index contributed by atoms with van der Waals surface area (Å²) in [6, 6.07) is 34.5. The van der Waals surface area contributed by atoms with Crippen LogP contribution in [0.1, 0.15) is 58.1 Å². The van der Waals surface area contributed by atoms with Gasteiger partial charge in [0.2, 0.25) is 0 Å². The van der Waals surface area contributed by atoms with Gasteiger partial charge in [-0.2, -0.15) is 16.8 Å². The first-order chi connectivity index (χ1) is 32.5. The number of methoxy groups -OCH3 is 2. The summed E-state index contributed by atoms with van der Waals surface area (Å²) in [5, 5.41) is 1.47. The van der Waals surface area contributed by atoms with Gasteiger partial charge in [0.05, 0.1) is 25.7 Å². The number of carbonyl (C=O) groups is 1. The zero-order valence-electron chi connectivity index (χ0n) is 38.2. The molecule has 0 amide bonds. The Morgan fingerprint density at radius 2 is 1.37 bits per heavy atom. The Balaban J connectivity index is 0.000000132. The van der Waals surface area contributed by atoms with Crippen molar-refractivity contribution < 1.29 is 54.4 Å². The van der Waals surface area contributed by atoms with E-state index in [9.17, 15) is 21.6 Å². The minimum atomic E-state index is -4.47. The number of hydrogen-bond acceptors (Lipinski definition) is 11. The quantitative estimate of drug-likeness (QED) is 0.145. The lowest BCUT2D eigenvalue weighted by Crippen LogP contribution is -2.43. The summed E-state index contributed by atoms with van der Waals surface area (Å²) in [6.07, 6.45) is 1.62. The molecular weight excluding hydrogens is 909 g/mol. The molecule has 0 bridgehead atoms. The number of hydrogen-bond donors (Lipinski definition) is 2. The summed E-state index contributed by atoms with van der Waals surface area (Å²) >= 11 is 0. The standard InChI is InChI=1S/C23H24O6.C19H20N2.C10H8O6S2/c1-11(2)16-8-14-15(28-16)6-5-12-22(24)21-13-7-18(25-3)19(26-4)9-17(13)27-10-20(21)29-23(12)14;1-20-12-11-19-17(14-20)16-9-5-6-10-18(16)21(19)13-15-7-3-2-4-8-15;11-17(12,13)9-5-1-3-7-8(9)4-2-6-10(7)18(14,15)16/h5-7,9,11,16,20-21H,8,10H2,1-4H3;2-10H,11-14H2,1H3;1-6H,(H,11,12,13)(H,14,15,16). The van der Waals surface area contributed by atoms with Crippen LogP contribution in [0.5, 0.6) is 28.7 Å². The molecule has 5 heterocycles. The van der Waals surface area contributed by atoms with Crippen LogP contribution in [-0.4, -0.2) is 87.8 Å². The molecule has 3 atom stereocenters. The summed E-state index contributed by atoms with van der Waals surface area (Å²) in [5.74, 6) is 3.24. The van der Waals surface area contributed by atoms with Crippen molar-refractivity contribution in [2.75, 3.05) is 34.4 Å². The molecule has 0 spiro atoms. The van der Waals surface area contributed by atoms with Crippen molar-refractivity contribution in [2.45, 2.75) is 67.7 Å². The fraction of sp³-hybridized carbons (Fsp3) is 0.288. The fourth-order valence-corrected chi connectivity index (χ4v) is 11.1. The van der Waals surface area contributed by atoms with Gasteiger partial charge >= 0.3 is 0 Å². The van der Waals surface area contributed by atoms with Crippen LogP contribution in [-0.2, 0) is 46.2 Å². The predicted octanol–water partition coefficient (Wildman–Crippen LogP) is 8.79. The molecule has 14 nitrogen and oxygen atoms in total. The van der Waals surface area contributed by atoms with Crippen LogP contribution >= 0.6 is 0 Å². The third kappa shape index (κ3) is 8.90. The molecule has 0 saturated carbocycles. The van der Waals surface area contributed by atoms with E-state index in [-0.39, 0.29) is 28.8 Å². The van der Waals surface area contributed by atoms with Crippen molar-refractivity contribution in [3.05, 3.63) is 149 Å². The number of ether oxygens (including phenoxy) is 5. The average molecular weight is 961 g/mol. The zero-order valence-corrected chi connectivity index (χ0v) is 39.8. The smallest absolute Gasteiger partial charge is 0.295 e. The topological polar surface area (TPSA) is 180 Å². The molecule has 6 aromatic carbocycles. The Morgan fingerprint density at radius 3 is 2.01 bits per heavy atom. The van der Waals surface area contributed by atoms with E-state index in [1.807, 2.05) is 18.2 Å². The highest BCUT2D eigenvalue weighted by Crippen LogP contribution is 2.50. The lowest BCUT2D eigenvalue weighted by atomic mass is 9.81. The van der Waals surface area contributed by atoms with Gasteiger partial charge in [0, 0.05) is 77.0 Å². The third-order valence-corrected chi connectivity index (χ3v) is 14.8. The number of aromatic nitrogens is 1. The highest BCUT2D eigenvalue weighted by atomic mass is 32.2. The first-order valence-corrected chi connectivity index (χ1v) is 25.1. The van der Waals surface area contributed by atoms with Crippen LogP contribution in [0.3, 0.4) is 0 Å². The molecule has 0 aliphatic carbocycles. The van der Waals surface area contributed by atoms with Crippen LogP contribution in [0.2, 0.25) is 0 Å². The van der Waals surface area contributed by atoms with Crippen molar-refractivity contribution in [3.8, 4) is 28.7 Å². The van der Waals surface area contributed by atoms with Crippen LogP contribution < -0.4 is 23.7 Å². The van der Waals surface area contributed by atoms with Crippen molar-refractivity contribution in [2.24, 2.45) is 5.92 Å². The van der Waals surface area contributed by atoms with Crippen molar-refractivity contribution in [1.29, 1.82) is 0 Å². The minimum Gasteiger partial charge on any atom is -0.493 e. The van der Waals surface area contributed by atoms with E-state index in [0.29, 0.717) is 41.1 Å². The normalized spacial score (nSPS) is 18.2. The van der Waals surface area contributed by atoms with Crippen molar-refractivity contribution in [3.63, 3.8) is 0 Å². The van der Waals surface area contributed by atoms with Gasteiger partial charge in [0.25, 0.3) is 20.2 Å². The average Bonchev–Trinajstić information content (AvgIpc) is 3.91. The Bertz CT molecular complexity index is 3230. The molecule has 0 radical (unpaired) electrons. The molecule has 7 aromatic rings. The monoisotopic (exact) mass is 960 g/mol. The molecule has 4 aliphatic heterocycles. The van der Waals surface area contributed by atoms with Crippen molar-refractivity contribution in [1.82, 2.24) is 9.47 Å². The van der Waals surface area contributed by atoms with Gasteiger partial charge in [-0.3, -0.25) is 13.9 Å². The van der Waals surface area contributed by atoms with E-state index >= 15 is 0 Å². The number of para-hydroxylation sites is 1. The summed E-state index contributed by atoms with van der Waals surface area (Å²) < 4.78 is 94.4. The maximum absolute atomic E-state index is 13.5. The Morgan fingerprint density at radius 1 is 0.735 bits per heavy atom. The van der Waals surface area contributed by atoms with Gasteiger partial charge in [-0.25, -0.2) is 0 Å². The van der Waals surface area contributed by atoms with Gasteiger partial charge in [-0.05, 0) is 60.5 Å². The zero-order chi connectivity index (χ0) is 48.1. The number of fused-ring (bicyclic) bond motifs is 10. The van der Waals surface area contributed by atoms with Gasteiger partial charge in [-0.15, -0.1) is 0 Å². The van der Waals surface area contributed by atoms with E-state index in [4.69, 9.17) is 32.8 Å². The summed E-state index contributed by atoms with van der Waals surface area (Å²) in [7, 11) is -3.57. The molecule has 354 valence electrons. The van der Waals surface area contributed by atoms with Crippen LogP contribution in [0.15, 0.2) is 125 Å². The van der Waals surface area contributed by atoms with E-state index in [2.05, 4.69) is 85.0 Å². The fourth-order valence-electron chi connectivity index (χ4n) is 9.65. The maximum Gasteiger partial charge on any atom is 0.295 e. The van der Waals surface area contributed by atoms with E-state index in [0.717, 1.165) is 61.5 Å². The number of nitrogens with zero attached hydrogens (tertiary/aromatic N) is 2. The number of Topliss-reactive ketones (excluding diaryl/α,β-unsaturated/α-hetero) is 1. The van der Waals surface area contributed by atoms with Gasteiger partial charge < -0.3 is 33.2 Å². The van der Waals surface area contributed by atoms with E-state index < -0.39 is 35.9 Å². The summed E-state index contributed by atoms with van der Waals surface area (Å²) in [5.41, 5.74) is 8.17. The Kier molecular flexibility index (Phi) is 12.7. The second kappa shape index (κ2) is 18.6. The van der Waals surface area contributed by atoms with Crippen LogP contribution in [0.4, 0.5) is 0 Å². The largest absolute Gasteiger partial charge is 0.493 e. The predicted molar refractivity (Wildman–Crippen MR) is 257 cm³/mol. The molecular formula is C52H52N2O12S2. The summed E-state index contributed by atoms with van der Waals surface area (Å²) in [4.78, 5) is 15.1. The number of likely N-dealkylation sites (N-methyl/N-ethyl adjacent to an activating group) is 1. The maximum atomic E-state index is 13.5. The lowest BCUT2D eigenvalue weighted by molar-refractivity contribution is 0.0554. The molecule has 4 aliphatic rings. The number of benzene rings is 6. The van der Waals surface area contributed by atoms with Crippen LogP contribution in [0, 0.1) is 5.92 Å². The lowest BCUT2D eigenvalue weighted by Gasteiger charge is -2.37. The Labute approximate surface area is 395 Å². The second-order valence-corrected chi connectivity index (χ2v) is 20.4. The number of carbonyl (C=O) groups excluding carboxylic acids is 1. The van der Waals surface area contributed by atoms with Gasteiger partial charge in [-0.1, -0.05) is 86.6 Å². The van der Waals surface area contributed by atoms with Gasteiger partial charge in [0.1, 0.15) is 45.9 Å². The minimum absolute atomic E-state index is 0.0233. The highest BCUT2D eigenvalue weighted by molar-refractivity contribution is 7.86. The molecule has 0 saturated heterocycles. The first kappa shape index (κ1) is 46.7. The molecule has 1 aromatic heterocycles. The SMILES string of the molecule is CN1CCc2c(c3ccccc3n2Cc2ccccc2)C1.COc1cc2c(cc1OC)C1C(=O)c3ccc4c(c3OC1CO2)CC(C(C)C)O4.O=S(=O)(O)c1cccc2c(S(=O)(=O)O)cccc12. The molecule has 2 N–H and O–H groups in total. The number of rotatable bonds is 7. The first-order valence-electron chi connectivity index (χ1n) is 22.3.